The number of hydrogen-bond acceptors (Lipinski definition) is 10. The summed E-state index contributed by atoms with van der Waals surface area (Å²) in [6.45, 7) is 13.4. The summed E-state index contributed by atoms with van der Waals surface area (Å²) >= 11 is 3.09. The first-order valence-electron chi connectivity index (χ1n) is 15.3. The van der Waals surface area contributed by atoms with Gasteiger partial charge in [0.1, 0.15) is 39.9 Å². The Labute approximate surface area is 286 Å². The topological polar surface area (TPSA) is 207 Å². The summed E-state index contributed by atoms with van der Waals surface area (Å²) in [5, 5.41) is 29.2. The summed E-state index contributed by atoms with van der Waals surface area (Å²) in [5.74, 6) is 0.816. The molecule has 1 saturated carbocycles. The van der Waals surface area contributed by atoms with Crippen molar-refractivity contribution in [2.75, 3.05) is 11.1 Å². The van der Waals surface area contributed by atoms with E-state index in [4.69, 9.17) is 10.7 Å². The minimum Gasteiger partial charge on any atom is -0.382 e. The zero-order chi connectivity index (χ0) is 35.6. The summed E-state index contributed by atoms with van der Waals surface area (Å²) < 4.78 is 2.35. The first-order valence-corrected chi connectivity index (χ1v) is 16.1. The molecule has 0 bridgehead atoms. The first-order chi connectivity index (χ1) is 22.4. The fraction of sp³-hybridized carbons (Fsp3) is 0.394. The molecule has 48 heavy (non-hydrogen) atoms. The largest absolute Gasteiger partial charge is 0.382 e. The van der Waals surface area contributed by atoms with E-state index in [-0.39, 0.29) is 56.0 Å². The Morgan fingerprint density at radius 2 is 1.62 bits per heavy atom. The lowest BCUT2D eigenvalue weighted by Gasteiger charge is -2.21. The highest BCUT2D eigenvalue weighted by Crippen LogP contribution is 2.41. The number of nitrogen functional groups attached to an aromatic ring is 1. The predicted octanol–water partition coefficient (Wildman–Crippen LogP) is 6.20. The molecule has 2 heterocycles. The first kappa shape index (κ1) is 35.7. The number of fused-ring (bicyclic) bond motifs is 1. The highest BCUT2D eigenvalue weighted by molar-refractivity contribution is 9.10. The van der Waals surface area contributed by atoms with Crippen LogP contribution in [0.1, 0.15) is 105 Å². The van der Waals surface area contributed by atoms with Gasteiger partial charge in [-0.3, -0.25) is 19.7 Å². The number of imidazole rings is 1. The molecule has 4 aromatic rings. The molecule has 2 aromatic carbocycles. The number of nitro benzene ring substituents is 1. The molecule has 14 nitrogen and oxygen atoms in total. The van der Waals surface area contributed by atoms with E-state index in [1.807, 2.05) is 66.7 Å². The second kappa shape index (κ2) is 13.9. The summed E-state index contributed by atoms with van der Waals surface area (Å²) in [6.07, 6.45) is 3.39. The van der Waals surface area contributed by atoms with Gasteiger partial charge in [0.15, 0.2) is 0 Å². The highest BCUT2D eigenvalue weighted by atomic mass is 79.9. The van der Waals surface area contributed by atoms with Gasteiger partial charge >= 0.3 is 0 Å². The van der Waals surface area contributed by atoms with Crippen molar-refractivity contribution in [2.24, 2.45) is 0 Å². The Morgan fingerprint density at radius 1 is 1.04 bits per heavy atom. The Hall–Kier alpha value is -5.10. The van der Waals surface area contributed by atoms with E-state index in [0.29, 0.717) is 17.4 Å². The molecular weight excluding hydrogens is 680 g/mol. The summed E-state index contributed by atoms with van der Waals surface area (Å²) in [6, 6.07) is 12.1. The van der Waals surface area contributed by atoms with Crippen LogP contribution in [0, 0.1) is 21.4 Å². The fourth-order valence-electron chi connectivity index (χ4n) is 4.90. The number of nitrogens with two attached hydrogens (primary N) is 1. The van der Waals surface area contributed by atoms with Gasteiger partial charge in [0, 0.05) is 23.2 Å². The fourth-order valence-corrected chi connectivity index (χ4v) is 5.49. The number of nitro groups is 1. The average Bonchev–Trinajstić information content (AvgIpc) is 3.74. The number of hydrogen-bond donors (Lipinski definition) is 4. The summed E-state index contributed by atoms with van der Waals surface area (Å²) in [7, 11) is 0. The molecule has 0 unspecified atom stereocenters. The predicted molar refractivity (Wildman–Crippen MR) is 186 cm³/mol. The number of rotatable bonds is 7. The molecule has 0 saturated heterocycles. The normalized spacial score (nSPS) is 13.5. The maximum absolute atomic E-state index is 13.0. The number of carbonyl (C=O) groups is 2. The van der Waals surface area contributed by atoms with Crippen LogP contribution >= 0.6 is 15.9 Å². The molecule has 1 atom stereocenters. The SMILES string of the molecule is CC(C)(C)NC(=O)c1cccc([N+](=O)[O-])c1Br.C[C@H](Nc1ncnc(N)c1C#N)c1nc2cccc(C(=O)NC(C)(C)C)c2n1C1CC1. The Morgan fingerprint density at radius 3 is 2.19 bits per heavy atom. The monoisotopic (exact) mass is 718 g/mol. The summed E-state index contributed by atoms with van der Waals surface area (Å²) in [5.41, 5.74) is 7.63. The zero-order valence-electron chi connectivity index (χ0n) is 27.9. The van der Waals surface area contributed by atoms with Gasteiger partial charge in [0.25, 0.3) is 17.5 Å². The molecule has 0 spiro atoms. The van der Waals surface area contributed by atoms with Gasteiger partial charge in [0.05, 0.1) is 33.1 Å². The lowest BCUT2D eigenvalue weighted by atomic mass is 10.1. The number of anilines is 2. The molecule has 2 amide bonds. The van der Waals surface area contributed by atoms with Crippen molar-refractivity contribution in [3.8, 4) is 6.07 Å². The molecule has 15 heteroatoms. The van der Waals surface area contributed by atoms with Crippen LogP contribution in [0.4, 0.5) is 17.3 Å². The van der Waals surface area contributed by atoms with Crippen molar-refractivity contribution < 1.29 is 14.5 Å². The number of nitrogens with one attached hydrogen (secondary N) is 3. The number of amides is 2. The highest BCUT2D eigenvalue weighted by Gasteiger charge is 2.32. The zero-order valence-corrected chi connectivity index (χ0v) is 29.5. The Bertz CT molecular complexity index is 1920. The summed E-state index contributed by atoms with van der Waals surface area (Å²) in [4.78, 5) is 48.0. The molecule has 1 aliphatic carbocycles. The van der Waals surface area contributed by atoms with E-state index >= 15 is 0 Å². The third-order valence-corrected chi connectivity index (χ3v) is 7.85. The van der Waals surface area contributed by atoms with E-state index in [1.54, 1.807) is 0 Å². The van der Waals surface area contributed by atoms with Crippen molar-refractivity contribution in [1.82, 2.24) is 30.2 Å². The van der Waals surface area contributed by atoms with Crippen molar-refractivity contribution in [2.45, 2.75) is 84.5 Å². The third kappa shape index (κ3) is 8.43. The Kier molecular flexibility index (Phi) is 10.4. The van der Waals surface area contributed by atoms with E-state index in [0.717, 1.165) is 29.7 Å². The minimum absolute atomic E-state index is 0.119. The van der Waals surface area contributed by atoms with Gasteiger partial charge in [-0.1, -0.05) is 12.1 Å². The van der Waals surface area contributed by atoms with Gasteiger partial charge < -0.3 is 26.3 Å². The van der Waals surface area contributed by atoms with Crippen molar-refractivity contribution in [3.05, 3.63) is 79.8 Å². The number of aromatic nitrogens is 4. The van der Waals surface area contributed by atoms with E-state index < -0.39 is 4.92 Å². The quantitative estimate of drug-likeness (QED) is 0.126. The number of carbonyl (C=O) groups excluding carboxylic acids is 2. The lowest BCUT2D eigenvalue weighted by Crippen LogP contribution is -2.40. The van der Waals surface area contributed by atoms with Crippen LogP contribution in [-0.2, 0) is 0 Å². The molecular formula is C33H39BrN10O4. The van der Waals surface area contributed by atoms with Gasteiger partial charge in [0.2, 0.25) is 0 Å². The third-order valence-electron chi connectivity index (χ3n) is 7.02. The smallest absolute Gasteiger partial charge is 0.284 e. The second-order valence-corrected chi connectivity index (χ2v) is 14.3. The van der Waals surface area contributed by atoms with Crippen LogP contribution in [0.25, 0.3) is 11.0 Å². The maximum atomic E-state index is 13.0. The molecule has 5 rings (SSSR count). The van der Waals surface area contributed by atoms with Crippen LogP contribution in [0.3, 0.4) is 0 Å². The molecule has 252 valence electrons. The van der Waals surface area contributed by atoms with Crippen LogP contribution < -0.4 is 21.7 Å². The number of benzene rings is 2. The van der Waals surface area contributed by atoms with Crippen LogP contribution in [0.5, 0.6) is 0 Å². The van der Waals surface area contributed by atoms with Gasteiger partial charge in [-0.25, -0.2) is 15.0 Å². The molecule has 1 fully saturated rings. The van der Waals surface area contributed by atoms with Crippen LogP contribution in [0.2, 0.25) is 0 Å². The van der Waals surface area contributed by atoms with Crippen molar-refractivity contribution >= 4 is 56.1 Å². The van der Waals surface area contributed by atoms with Gasteiger partial charge in [-0.15, -0.1) is 0 Å². The van der Waals surface area contributed by atoms with E-state index in [1.165, 1.54) is 24.5 Å². The molecule has 1 aliphatic rings. The van der Waals surface area contributed by atoms with Crippen molar-refractivity contribution in [3.63, 3.8) is 0 Å². The van der Waals surface area contributed by atoms with Crippen molar-refractivity contribution in [1.29, 1.82) is 5.26 Å². The molecule has 2 aromatic heterocycles. The molecule has 0 radical (unpaired) electrons. The lowest BCUT2D eigenvalue weighted by molar-refractivity contribution is -0.385. The van der Waals surface area contributed by atoms with Crippen LogP contribution in [0.15, 0.2) is 47.2 Å². The number of para-hydroxylation sites is 1. The Balaban J connectivity index is 0.000000260. The average molecular weight is 720 g/mol. The van der Waals surface area contributed by atoms with Gasteiger partial charge in [-0.2, -0.15) is 5.26 Å². The maximum Gasteiger partial charge on any atom is 0.284 e. The van der Waals surface area contributed by atoms with E-state index in [2.05, 4.69) is 52.5 Å². The minimum atomic E-state index is -0.530. The number of nitriles is 1. The van der Waals surface area contributed by atoms with E-state index in [9.17, 15) is 25.0 Å². The van der Waals surface area contributed by atoms with Gasteiger partial charge in [-0.05, 0) is 95.4 Å². The number of halogens is 1. The number of nitrogens with zero attached hydrogens (tertiary/aromatic N) is 6. The standard InChI is InChI=1S/C22H26N8O.C11H13BrN2O3/c1-12(27-19-15(10-23)18(24)25-11-26-19)20-28-16-7-5-6-14(21(31)29-22(2,3)4)17(16)30(20)13-8-9-13;1-11(2,3)13-10(15)7-5-4-6-8(9(7)12)14(16)17/h5-7,11-13H,8-9H2,1-4H3,(H,29,31)(H3,24,25,26,27);4-6H,1-3H3,(H,13,15)/t12-;/m0./s1. The van der Waals surface area contributed by atoms with Crippen LogP contribution in [-0.4, -0.2) is 47.3 Å². The molecule has 0 aliphatic heterocycles. The molecule has 5 N–H and O–H groups in total. The second-order valence-electron chi connectivity index (χ2n) is 13.5.